The van der Waals surface area contributed by atoms with Gasteiger partial charge in [-0.1, -0.05) is 30.3 Å². The second kappa shape index (κ2) is 9.80. The molecule has 1 aliphatic heterocycles. The van der Waals surface area contributed by atoms with Crippen molar-refractivity contribution in [2.24, 2.45) is 0 Å². The van der Waals surface area contributed by atoms with Gasteiger partial charge in [-0.25, -0.2) is 9.97 Å². The van der Waals surface area contributed by atoms with Crippen LogP contribution in [-0.4, -0.2) is 73.6 Å². The molecule has 1 fully saturated rings. The van der Waals surface area contributed by atoms with Crippen molar-refractivity contribution in [3.05, 3.63) is 42.1 Å². The maximum absolute atomic E-state index is 12.6. The SMILES string of the molecule is COCCCNC(=O)c1cc(N2CCN(C=O)CC2)nc(-c2ccccc2)n1. The van der Waals surface area contributed by atoms with Crippen molar-refractivity contribution >= 4 is 18.1 Å². The largest absolute Gasteiger partial charge is 0.385 e. The van der Waals surface area contributed by atoms with Gasteiger partial charge in [-0.05, 0) is 6.42 Å². The molecule has 148 valence electrons. The third kappa shape index (κ3) is 5.04. The fourth-order valence-corrected chi connectivity index (χ4v) is 2.99. The molecule has 1 saturated heterocycles. The van der Waals surface area contributed by atoms with Gasteiger partial charge in [0.2, 0.25) is 6.41 Å². The van der Waals surface area contributed by atoms with Gasteiger partial charge in [-0.2, -0.15) is 0 Å². The number of nitrogens with zero attached hydrogens (tertiary/aromatic N) is 4. The molecule has 1 aromatic carbocycles. The van der Waals surface area contributed by atoms with Gasteiger partial charge in [0.1, 0.15) is 11.5 Å². The van der Waals surface area contributed by atoms with Crippen molar-refractivity contribution in [2.45, 2.75) is 6.42 Å². The van der Waals surface area contributed by atoms with Crippen LogP contribution in [0.15, 0.2) is 36.4 Å². The normalized spacial score (nSPS) is 14.0. The molecule has 3 rings (SSSR count). The van der Waals surface area contributed by atoms with E-state index in [4.69, 9.17) is 4.74 Å². The molecule has 2 amide bonds. The fraction of sp³-hybridized carbons (Fsp3) is 0.400. The van der Waals surface area contributed by atoms with E-state index < -0.39 is 0 Å². The molecule has 0 spiro atoms. The van der Waals surface area contributed by atoms with Gasteiger partial charge in [0, 0.05) is 58.1 Å². The molecule has 0 radical (unpaired) electrons. The summed E-state index contributed by atoms with van der Waals surface area (Å²) in [6.07, 6.45) is 1.60. The van der Waals surface area contributed by atoms with Crippen LogP contribution in [0.3, 0.4) is 0 Å². The molecule has 0 unspecified atom stereocenters. The van der Waals surface area contributed by atoms with Crippen molar-refractivity contribution in [3.63, 3.8) is 0 Å². The summed E-state index contributed by atoms with van der Waals surface area (Å²) in [5, 5.41) is 2.88. The number of carbonyl (C=O) groups is 2. The van der Waals surface area contributed by atoms with Crippen LogP contribution in [0.2, 0.25) is 0 Å². The lowest BCUT2D eigenvalue weighted by molar-refractivity contribution is -0.118. The molecule has 1 aliphatic rings. The van der Waals surface area contributed by atoms with Crippen LogP contribution in [-0.2, 0) is 9.53 Å². The molecule has 28 heavy (non-hydrogen) atoms. The molecule has 0 saturated carbocycles. The second-order valence-corrected chi connectivity index (χ2v) is 6.53. The van der Waals surface area contributed by atoms with Crippen LogP contribution in [0.4, 0.5) is 5.82 Å². The van der Waals surface area contributed by atoms with Crippen LogP contribution in [0.1, 0.15) is 16.9 Å². The van der Waals surface area contributed by atoms with Gasteiger partial charge in [0.25, 0.3) is 5.91 Å². The minimum atomic E-state index is -0.233. The van der Waals surface area contributed by atoms with Gasteiger partial charge in [0.15, 0.2) is 5.82 Å². The highest BCUT2D eigenvalue weighted by Crippen LogP contribution is 2.21. The Bertz CT molecular complexity index is 792. The summed E-state index contributed by atoms with van der Waals surface area (Å²) >= 11 is 0. The Labute approximate surface area is 164 Å². The van der Waals surface area contributed by atoms with Crippen molar-refractivity contribution in [2.75, 3.05) is 51.3 Å². The molecule has 0 atom stereocenters. The average molecular weight is 383 g/mol. The number of rotatable bonds is 8. The standard InChI is InChI=1S/C20H25N5O3/c1-28-13-5-8-21-20(27)17-14-18(25-11-9-24(15-26)10-12-25)23-19(22-17)16-6-3-2-4-7-16/h2-4,6-7,14-15H,5,8-13H2,1H3,(H,21,27). The maximum Gasteiger partial charge on any atom is 0.270 e. The lowest BCUT2D eigenvalue weighted by Gasteiger charge is -2.33. The Balaban J connectivity index is 1.84. The minimum Gasteiger partial charge on any atom is -0.385 e. The van der Waals surface area contributed by atoms with Gasteiger partial charge in [-0.15, -0.1) is 0 Å². The topological polar surface area (TPSA) is 87.7 Å². The molecular weight excluding hydrogens is 358 g/mol. The number of benzene rings is 1. The third-order valence-corrected chi connectivity index (χ3v) is 4.58. The Morgan fingerprint density at radius 1 is 1.18 bits per heavy atom. The van der Waals surface area contributed by atoms with E-state index >= 15 is 0 Å². The van der Waals surface area contributed by atoms with Gasteiger partial charge < -0.3 is 19.9 Å². The summed E-state index contributed by atoms with van der Waals surface area (Å²) in [4.78, 5) is 36.5. The number of piperazine rings is 1. The number of hydrogen-bond donors (Lipinski definition) is 1. The van der Waals surface area contributed by atoms with Crippen LogP contribution in [0.25, 0.3) is 11.4 Å². The highest BCUT2D eigenvalue weighted by atomic mass is 16.5. The quantitative estimate of drug-likeness (QED) is 0.544. The van der Waals surface area contributed by atoms with E-state index in [-0.39, 0.29) is 5.91 Å². The molecule has 8 heteroatoms. The Kier molecular flexibility index (Phi) is 6.91. The lowest BCUT2D eigenvalue weighted by atomic mass is 10.2. The summed E-state index contributed by atoms with van der Waals surface area (Å²) in [7, 11) is 1.63. The molecule has 0 bridgehead atoms. The van der Waals surface area contributed by atoms with Crippen molar-refractivity contribution in [3.8, 4) is 11.4 Å². The first-order valence-electron chi connectivity index (χ1n) is 9.37. The van der Waals surface area contributed by atoms with Gasteiger partial charge in [0.05, 0.1) is 0 Å². The smallest absolute Gasteiger partial charge is 0.270 e. The third-order valence-electron chi connectivity index (χ3n) is 4.58. The summed E-state index contributed by atoms with van der Waals surface area (Å²) in [6.45, 7) is 3.70. The van der Waals surface area contributed by atoms with E-state index in [9.17, 15) is 9.59 Å². The van der Waals surface area contributed by atoms with Crippen LogP contribution in [0.5, 0.6) is 0 Å². The number of carbonyl (C=O) groups excluding carboxylic acids is 2. The summed E-state index contributed by atoms with van der Waals surface area (Å²) in [6, 6.07) is 11.3. The second-order valence-electron chi connectivity index (χ2n) is 6.53. The predicted molar refractivity (Wildman–Crippen MR) is 106 cm³/mol. The molecule has 2 heterocycles. The zero-order chi connectivity index (χ0) is 19.8. The van der Waals surface area contributed by atoms with E-state index in [0.717, 1.165) is 18.4 Å². The average Bonchev–Trinajstić information content (AvgIpc) is 2.77. The number of ether oxygens (including phenoxy) is 1. The first kappa shape index (κ1) is 19.8. The fourth-order valence-electron chi connectivity index (χ4n) is 2.99. The summed E-state index contributed by atoms with van der Waals surface area (Å²) < 4.78 is 5.01. The highest BCUT2D eigenvalue weighted by molar-refractivity contribution is 5.93. The number of nitrogens with one attached hydrogen (secondary N) is 1. The predicted octanol–water partition coefficient (Wildman–Crippen LogP) is 1.19. The zero-order valence-electron chi connectivity index (χ0n) is 16.0. The molecule has 0 aliphatic carbocycles. The van der Waals surface area contributed by atoms with Crippen LogP contribution < -0.4 is 10.2 Å². The van der Waals surface area contributed by atoms with Crippen LogP contribution in [0, 0.1) is 0 Å². The number of amides is 2. The van der Waals surface area contributed by atoms with Gasteiger partial charge in [-0.3, -0.25) is 9.59 Å². The molecule has 8 nitrogen and oxygen atoms in total. The molecule has 2 aromatic rings. The summed E-state index contributed by atoms with van der Waals surface area (Å²) in [5.74, 6) is 0.975. The zero-order valence-corrected chi connectivity index (χ0v) is 16.0. The number of aromatic nitrogens is 2. The van der Waals surface area contributed by atoms with E-state index in [2.05, 4.69) is 20.2 Å². The first-order valence-corrected chi connectivity index (χ1v) is 9.37. The maximum atomic E-state index is 12.6. The van der Waals surface area contributed by atoms with E-state index in [1.807, 2.05) is 30.3 Å². The highest BCUT2D eigenvalue weighted by Gasteiger charge is 2.20. The van der Waals surface area contributed by atoms with Crippen molar-refractivity contribution in [1.82, 2.24) is 20.2 Å². The minimum absolute atomic E-state index is 0.233. The first-order chi connectivity index (χ1) is 13.7. The molecular formula is C20H25N5O3. The number of hydrogen-bond acceptors (Lipinski definition) is 6. The Morgan fingerprint density at radius 2 is 1.93 bits per heavy atom. The van der Waals surface area contributed by atoms with Gasteiger partial charge >= 0.3 is 0 Å². The van der Waals surface area contributed by atoms with E-state index in [1.165, 1.54) is 0 Å². The van der Waals surface area contributed by atoms with E-state index in [1.54, 1.807) is 18.1 Å². The Hall–Kier alpha value is -3.00. The monoisotopic (exact) mass is 383 g/mol. The van der Waals surface area contributed by atoms with Crippen molar-refractivity contribution < 1.29 is 14.3 Å². The van der Waals surface area contributed by atoms with Crippen LogP contribution >= 0.6 is 0 Å². The lowest BCUT2D eigenvalue weighted by Crippen LogP contribution is -2.46. The molecule has 1 aromatic heterocycles. The molecule has 1 N–H and O–H groups in total. The van der Waals surface area contributed by atoms with Crippen molar-refractivity contribution in [1.29, 1.82) is 0 Å². The number of methoxy groups -OCH3 is 1. The van der Waals surface area contributed by atoms with E-state index in [0.29, 0.717) is 56.7 Å². The number of anilines is 1. The summed E-state index contributed by atoms with van der Waals surface area (Å²) in [5.41, 5.74) is 1.18. The Morgan fingerprint density at radius 3 is 2.61 bits per heavy atom.